The molecule has 0 radical (unpaired) electrons. The molecule has 0 aromatic carbocycles. The number of hydrogen-bond donors (Lipinski definition) is 1. The number of rotatable bonds is 0. The molecule has 9 heavy (non-hydrogen) atoms. The van der Waals surface area contributed by atoms with Crippen molar-refractivity contribution < 1.29 is 9.59 Å². The fraction of sp³-hybridized carbons (Fsp3) is 0. The number of aromatic amines is 1. The first-order valence-corrected chi connectivity index (χ1v) is 2.43. The number of hydrogen-bond acceptors (Lipinski definition) is 3. The number of nitrogens with one attached hydrogen (secondary N) is 1. The second-order valence-electron chi connectivity index (χ2n) is 1.80. The molecule has 0 fully saturated rings. The quantitative estimate of drug-likeness (QED) is 0.484. The van der Waals surface area contributed by atoms with E-state index in [4.69, 9.17) is 0 Å². The number of fused-ring (bicyclic) bond motifs is 2. The van der Waals surface area contributed by atoms with Crippen molar-refractivity contribution in [3.05, 3.63) is 17.7 Å². The van der Waals surface area contributed by atoms with Crippen LogP contribution in [0, 0.1) is 0 Å². The average molecular weight is 122 g/mol. The lowest BCUT2D eigenvalue weighted by atomic mass is 10.2. The van der Waals surface area contributed by atoms with Crippen molar-refractivity contribution in [2.75, 3.05) is 0 Å². The van der Waals surface area contributed by atoms with E-state index < -0.39 is 11.6 Å². The highest BCUT2D eigenvalue weighted by Crippen LogP contribution is 2.09. The monoisotopic (exact) mass is 122 g/mol. The zero-order chi connectivity index (χ0) is 6.43. The van der Waals surface area contributed by atoms with E-state index in [9.17, 15) is 9.59 Å². The van der Waals surface area contributed by atoms with Gasteiger partial charge in [-0.2, -0.15) is 0 Å². The SMILES string of the molecule is O=C1C(=O)c2ncc1[nH]2. The third-order valence-corrected chi connectivity index (χ3v) is 1.24. The molecule has 2 bridgehead atoms. The van der Waals surface area contributed by atoms with Crippen molar-refractivity contribution in [1.82, 2.24) is 9.97 Å². The van der Waals surface area contributed by atoms with Crippen LogP contribution in [-0.2, 0) is 0 Å². The fourth-order valence-corrected chi connectivity index (χ4v) is 0.782. The molecule has 1 aliphatic rings. The molecule has 1 aromatic rings. The molecular formula is C5H2N2O2. The van der Waals surface area contributed by atoms with Crippen molar-refractivity contribution in [2.45, 2.75) is 0 Å². The van der Waals surface area contributed by atoms with E-state index in [1.54, 1.807) is 0 Å². The maximum atomic E-state index is 10.6. The second-order valence-corrected chi connectivity index (χ2v) is 1.80. The molecule has 2 heterocycles. The van der Waals surface area contributed by atoms with E-state index in [0.717, 1.165) is 0 Å². The van der Waals surface area contributed by atoms with E-state index >= 15 is 0 Å². The predicted octanol–water partition coefficient (Wildman–Crippen LogP) is -0.211. The summed E-state index contributed by atoms with van der Waals surface area (Å²) in [5.74, 6) is -0.831. The number of H-pyrrole nitrogens is 1. The van der Waals surface area contributed by atoms with Crippen LogP contribution in [0.3, 0.4) is 0 Å². The number of carbonyl (C=O) groups is 2. The summed E-state index contributed by atoms with van der Waals surface area (Å²) in [6.07, 6.45) is 1.36. The fourth-order valence-electron chi connectivity index (χ4n) is 0.782. The maximum absolute atomic E-state index is 10.6. The predicted molar refractivity (Wildman–Crippen MR) is 27.2 cm³/mol. The van der Waals surface area contributed by atoms with Crippen LogP contribution < -0.4 is 0 Å². The lowest BCUT2D eigenvalue weighted by Gasteiger charge is -1.84. The number of imidazole rings is 1. The van der Waals surface area contributed by atoms with E-state index in [1.807, 2.05) is 0 Å². The van der Waals surface area contributed by atoms with E-state index in [0.29, 0.717) is 5.69 Å². The van der Waals surface area contributed by atoms with E-state index in [2.05, 4.69) is 9.97 Å². The highest BCUT2D eigenvalue weighted by molar-refractivity contribution is 6.50. The van der Waals surface area contributed by atoms with Gasteiger partial charge in [-0.15, -0.1) is 0 Å². The summed E-state index contributed by atoms with van der Waals surface area (Å²) < 4.78 is 0. The molecule has 0 spiro atoms. The lowest BCUT2D eigenvalue weighted by molar-refractivity contribution is 0.0819. The third kappa shape index (κ3) is 0.355. The molecule has 0 unspecified atom stereocenters. The van der Waals surface area contributed by atoms with Crippen molar-refractivity contribution in [3.8, 4) is 0 Å². The van der Waals surface area contributed by atoms with Crippen LogP contribution in [0.25, 0.3) is 0 Å². The summed E-state index contributed by atoms with van der Waals surface area (Å²) in [5, 5.41) is 0. The van der Waals surface area contributed by atoms with E-state index in [-0.39, 0.29) is 5.82 Å². The largest absolute Gasteiger partial charge is 0.332 e. The highest BCUT2D eigenvalue weighted by Gasteiger charge is 2.29. The topological polar surface area (TPSA) is 62.8 Å². The van der Waals surface area contributed by atoms with Crippen LogP contribution in [-0.4, -0.2) is 21.5 Å². The Bertz CT molecular complexity index is 271. The minimum absolute atomic E-state index is 0.162. The minimum Gasteiger partial charge on any atom is -0.332 e. The van der Waals surface area contributed by atoms with Crippen LogP contribution >= 0.6 is 0 Å². The van der Waals surface area contributed by atoms with Crippen LogP contribution in [0.5, 0.6) is 0 Å². The molecule has 1 aromatic heterocycles. The Morgan fingerprint density at radius 3 is 2.44 bits per heavy atom. The molecule has 44 valence electrons. The third-order valence-electron chi connectivity index (χ3n) is 1.24. The van der Waals surface area contributed by atoms with Gasteiger partial charge in [0.15, 0.2) is 5.82 Å². The summed E-state index contributed by atoms with van der Waals surface area (Å²) in [7, 11) is 0. The first-order chi connectivity index (χ1) is 4.29. The van der Waals surface area contributed by atoms with Crippen molar-refractivity contribution in [1.29, 1.82) is 0 Å². The van der Waals surface area contributed by atoms with Gasteiger partial charge >= 0.3 is 0 Å². The van der Waals surface area contributed by atoms with Gasteiger partial charge in [0.2, 0.25) is 0 Å². The van der Waals surface area contributed by atoms with Gasteiger partial charge < -0.3 is 4.98 Å². The summed E-state index contributed by atoms with van der Waals surface area (Å²) in [6, 6.07) is 0. The van der Waals surface area contributed by atoms with Crippen LogP contribution in [0.2, 0.25) is 0 Å². The number of Topliss-reactive ketones (excluding diaryl/α,β-unsaturated/α-hetero) is 2. The zero-order valence-electron chi connectivity index (χ0n) is 4.34. The normalized spacial score (nSPS) is 15.1. The Labute approximate surface area is 49.9 Å². The molecule has 1 aliphatic heterocycles. The summed E-state index contributed by atoms with van der Waals surface area (Å²) in [5.41, 5.74) is 0.301. The Balaban J connectivity index is 2.78. The molecule has 0 atom stereocenters. The summed E-state index contributed by atoms with van der Waals surface area (Å²) >= 11 is 0. The molecule has 4 heteroatoms. The van der Waals surface area contributed by atoms with Crippen molar-refractivity contribution in [2.24, 2.45) is 0 Å². The van der Waals surface area contributed by atoms with Gasteiger partial charge in [-0.1, -0.05) is 0 Å². The minimum atomic E-state index is -0.521. The van der Waals surface area contributed by atoms with Crippen molar-refractivity contribution >= 4 is 11.6 Å². The smallest absolute Gasteiger partial charge is 0.270 e. The van der Waals surface area contributed by atoms with Crippen LogP contribution in [0.4, 0.5) is 0 Å². The number of aromatic nitrogens is 2. The van der Waals surface area contributed by atoms with Gasteiger partial charge in [-0.25, -0.2) is 4.98 Å². The van der Waals surface area contributed by atoms with E-state index in [1.165, 1.54) is 6.20 Å². The standard InChI is InChI=1S/C5H2N2O2/c8-3-2-1-6-5(7-2)4(3)9/h1H,(H,6,7). The van der Waals surface area contributed by atoms with Gasteiger partial charge in [0.05, 0.1) is 6.20 Å². The van der Waals surface area contributed by atoms with Gasteiger partial charge in [-0.3, -0.25) is 9.59 Å². The summed E-state index contributed by atoms with van der Waals surface area (Å²) in [6.45, 7) is 0. The number of carbonyl (C=O) groups excluding carboxylic acids is 2. The van der Waals surface area contributed by atoms with Crippen molar-refractivity contribution in [3.63, 3.8) is 0 Å². The van der Waals surface area contributed by atoms with Gasteiger partial charge in [0, 0.05) is 0 Å². The first-order valence-electron chi connectivity index (χ1n) is 2.43. The van der Waals surface area contributed by atoms with Gasteiger partial charge in [0.25, 0.3) is 11.6 Å². The van der Waals surface area contributed by atoms with Gasteiger partial charge in [-0.05, 0) is 0 Å². The number of ketones is 2. The second kappa shape index (κ2) is 1.10. The average Bonchev–Trinajstić information content (AvgIpc) is 2.37. The van der Waals surface area contributed by atoms with Gasteiger partial charge in [0.1, 0.15) is 5.69 Å². The van der Waals surface area contributed by atoms with Crippen LogP contribution in [0.1, 0.15) is 21.1 Å². The number of nitrogens with zero attached hydrogens (tertiary/aromatic N) is 1. The Hall–Kier alpha value is -1.45. The molecule has 0 amide bonds. The lowest BCUT2D eigenvalue weighted by Crippen LogP contribution is -2.10. The molecule has 4 nitrogen and oxygen atoms in total. The Morgan fingerprint density at radius 1 is 1.33 bits per heavy atom. The molecule has 0 saturated carbocycles. The summed E-state index contributed by atoms with van der Waals surface area (Å²) in [4.78, 5) is 27.3. The zero-order valence-corrected chi connectivity index (χ0v) is 4.34. The molecule has 0 saturated heterocycles. The molecule has 2 rings (SSSR count). The molecule has 0 aliphatic carbocycles. The highest BCUT2D eigenvalue weighted by atomic mass is 16.2. The maximum Gasteiger partial charge on any atom is 0.270 e. The first kappa shape index (κ1) is 4.43. The molecular weight excluding hydrogens is 120 g/mol. The molecule has 1 N–H and O–H groups in total. The van der Waals surface area contributed by atoms with Crippen LogP contribution in [0.15, 0.2) is 6.20 Å². The Morgan fingerprint density at radius 2 is 2.11 bits per heavy atom. The Kier molecular flexibility index (Phi) is 0.541.